The Balaban J connectivity index is 1.62. The van der Waals surface area contributed by atoms with E-state index in [9.17, 15) is 9.18 Å². The van der Waals surface area contributed by atoms with Crippen LogP contribution in [0.1, 0.15) is 19.8 Å². The fourth-order valence-electron chi connectivity index (χ4n) is 2.82. The first-order valence-corrected chi connectivity index (χ1v) is 10.5. The number of benzene rings is 1. The van der Waals surface area contributed by atoms with Crippen LogP contribution in [-0.2, 0) is 16.1 Å². The molecule has 0 aliphatic carbocycles. The number of esters is 1. The van der Waals surface area contributed by atoms with Crippen LogP contribution in [0.25, 0.3) is 21.4 Å². The first-order valence-electron chi connectivity index (χ1n) is 8.86. The third kappa shape index (κ3) is 4.15. The van der Waals surface area contributed by atoms with Gasteiger partial charge in [0.2, 0.25) is 0 Å². The van der Waals surface area contributed by atoms with Crippen LogP contribution in [0, 0.1) is 5.82 Å². The number of nitrogens with zero attached hydrogens (tertiary/aromatic N) is 5. The fourth-order valence-corrected chi connectivity index (χ4v) is 4.89. The highest BCUT2D eigenvalue weighted by atomic mass is 32.2. The molecule has 1 aromatic carbocycles. The molecule has 4 aromatic rings. The monoisotopic (exact) mass is 432 g/mol. The van der Waals surface area contributed by atoms with Crippen molar-refractivity contribution >= 4 is 56.3 Å². The summed E-state index contributed by atoms with van der Waals surface area (Å²) in [6.07, 6.45) is 2.86. The Morgan fingerprint density at radius 1 is 1.31 bits per heavy atom. The summed E-state index contributed by atoms with van der Waals surface area (Å²) < 4.78 is 22.1. The molecule has 3 heterocycles. The van der Waals surface area contributed by atoms with Crippen LogP contribution < -0.4 is 5.73 Å². The number of carbonyl (C=O) groups excluding carboxylic acids is 1. The number of hydrogen-bond acceptors (Lipinski definition) is 9. The molecule has 0 saturated carbocycles. The van der Waals surface area contributed by atoms with E-state index in [-0.39, 0.29) is 11.8 Å². The number of halogens is 1. The van der Waals surface area contributed by atoms with E-state index in [4.69, 9.17) is 10.5 Å². The van der Waals surface area contributed by atoms with Gasteiger partial charge in [-0.3, -0.25) is 4.79 Å². The van der Waals surface area contributed by atoms with Gasteiger partial charge in [0.1, 0.15) is 12.1 Å². The molecule has 8 nitrogen and oxygen atoms in total. The second-order valence-corrected chi connectivity index (χ2v) is 8.41. The quantitative estimate of drug-likeness (QED) is 0.348. The van der Waals surface area contributed by atoms with Gasteiger partial charge in [-0.25, -0.2) is 24.3 Å². The van der Waals surface area contributed by atoms with Gasteiger partial charge in [-0.2, -0.15) is 0 Å². The van der Waals surface area contributed by atoms with E-state index in [1.807, 2.05) is 4.57 Å². The molecule has 4 rings (SSSR count). The number of thiazole rings is 1. The zero-order valence-electron chi connectivity index (χ0n) is 15.5. The number of carbonyl (C=O) groups is 1. The number of imidazole rings is 1. The number of aryl methyl sites for hydroxylation is 1. The van der Waals surface area contributed by atoms with Gasteiger partial charge in [0.05, 0.1) is 16.8 Å². The largest absolute Gasteiger partial charge is 0.466 e. The van der Waals surface area contributed by atoms with Gasteiger partial charge in [-0.05, 0) is 36.7 Å². The van der Waals surface area contributed by atoms with Crippen molar-refractivity contribution in [2.24, 2.45) is 0 Å². The number of anilines is 1. The molecule has 11 heteroatoms. The number of ether oxygens (including phenoxy) is 1. The summed E-state index contributed by atoms with van der Waals surface area (Å²) in [4.78, 5) is 28.3. The van der Waals surface area contributed by atoms with Crippen LogP contribution in [0.3, 0.4) is 0 Å². The van der Waals surface area contributed by atoms with Crippen LogP contribution in [0.4, 0.5) is 10.2 Å². The molecule has 0 fully saturated rings. The molecule has 2 N–H and O–H groups in total. The second kappa shape index (κ2) is 8.29. The third-order valence-electron chi connectivity index (χ3n) is 4.13. The molecule has 0 unspecified atom stereocenters. The van der Waals surface area contributed by atoms with Crippen LogP contribution in [-0.4, -0.2) is 37.1 Å². The predicted molar refractivity (Wildman–Crippen MR) is 109 cm³/mol. The molecule has 0 spiro atoms. The maximum Gasteiger partial charge on any atom is 0.302 e. The Labute approximate surface area is 173 Å². The molecule has 29 heavy (non-hydrogen) atoms. The maximum atomic E-state index is 14.0. The highest BCUT2D eigenvalue weighted by molar-refractivity contribution is 8.01. The number of nitrogens with two attached hydrogens (primary N) is 1. The van der Waals surface area contributed by atoms with E-state index in [0.717, 1.165) is 6.42 Å². The summed E-state index contributed by atoms with van der Waals surface area (Å²) in [6.45, 7) is 2.35. The molecule has 0 amide bonds. The van der Waals surface area contributed by atoms with Gasteiger partial charge in [-0.15, -0.1) is 11.3 Å². The molecule has 0 aliphatic heterocycles. The topological polar surface area (TPSA) is 109 Å². The van der Waals surface area contributed by atoms with Gasteiger partial charge >= 0.3 is 5.97 Å². The predicted octanol–water partition coefficient (Wildman–Crippen LogP) is 3.65. The van der Waals surface area contributed by atoms with Crippen molar-refractivity contribution in [3.05, 3.63) is 30.3 Å². The van der Waals surface area contributed by atoms with Crippen LogP contribution in [0.5, 0.6) is 0 Å². The van der Waals surface area contributed by atoms with E-state index >= 15 is 0 Å². The van der Waals surface area contributed by atoms with Gasteiger partial charge in [0, 0.05) is 13.5 Å². The average Bonchev–Trinajstić information content (AvgIpc) is 3.25. The van der Waals surface area contributed by atoms with E-state index in [2.05, 4.69) is 19.9 Å². The highest BCUT2D eigenvalue weighted by Crippen LogP contribution is 2.36. The van der Waals surface area contributed by atoms with Gasteiger partial charge in [-0.1, -0.05) is 6.07 Å². The van der Waals surface area contributed by atoms with Crippen molar-refractivity contribution in [3.8, 4) is 0 Å². The summed E-state index contributed by atoms with van der Waals surface area (Å²) in [5.41, 5.74) is 7.72. The third-order valence-corrected chi connectivity index (χ3v) is 6.27. The van der Waals surface area contributed by atoms with Crippen LogP contribution >= 0.6 is 23.1 Å². The Morgan fingerprint density at radius 2 is 2.17 bits per heavy atom. The first kappa shape index (κ1) is 19.5. The van der Waals surface area contributed by atoms with Crippen molar-refractivity contribution in [2.75, 3.05) is 12.3 Å². The number of aromatic nitrogens is 5. The Morgan fingerprint density at radius 3 is 2.97 bits per heavy atom. The number of rotatable bonds is 7. The molecule has 0 radical (unpaired) electrons. The molecule has 0 aliphatic rings. The van der Waals surface area contributed by atoms with Crippen LogP contribution in [0.2, 0.25) is 0 Å². The Bertz CT molecular complexity index is 1190. The number of unbranched alkanes of at least 4 members (excludes halogenated alkanes) is 1. The van der Waals surface area contributed by atoms with Crippen molar-refractivity contribution in [1.29, 1.82) is 0 Å². The molecule has 0 bridgehead atoms. The Hall–Kier alpha value is -2.79. The molecule has 0 atom stereocenters. The second-order valence-electron chi connectivity index (χ2n) is 6.19. The van der Waals surface area contributed by atoms with E-state index in [1.54, 1.807) is 12.1 Å². The fraction of sp³-hybridized carbons (Fsp3) is 0.278. The van der Waals surface area contributed by atoms with E-state index in [1.165, 1.54) is 42.4 Å². The minimum absolute atomic E-state index is 0.291. The summed E-state index contributed by atoms with van der Waals surface area (Å²) in [5, 5.41) is 0.652. The van der Waals surface area contributed by atoms with Crippen molar-refractivity contribution < 1.29 is 13.9 Å². The molecule has 3 aromatic heterocycles. The lowest BCUT2D eigenvalue weighted by Crippen LogP contribution is -2.05. The van der Waals surface area contributed by atoms with E-state index < -0.39 is 0 Å². The summed E-state index contributed by atoms with van der Waals surface area (Å²) in [7, 11) is 0. The van der Waals surface area contributed by atoms with Crippen LogP contribution in [0.15, 0.2) is 34.0 Å². The Kier molecular flexibility index (Phi) is 5.58. The summed E-state index contributed by atoms with van der Waals surface area (Å²) in [6, 6.07) is 4.84. The van der Waals surface area contributed by atoms with Crippen molar-refractivity contribution in [2.45, 2.75) is 35.8 Å². The normalized spacial score (nSPS) is 11.4. The van der Waals surface area contributed by atoms with Crippen molar-refractivity contribution in [1.82, 2.24) is 24.5 Å². The molecular weight excluding hydrogens is 415 g/mol. The van der Waals surface area contributed by atoms with Gasteiger partial charge in [0.15, 0.2) is 26.5 Å². The molecule has 0 saturated heterocycles. The lowest BCUT2D eigenvalue weighted by atomic mass is 10.3. The molecular formula is C18H17FN6O2S2. The first-order chi connectivity index (χ1) is 14.0. The zero-order chi connectivity index (χ0) is 20.4. The standard InChI is InChI=1S/C18H17FN6O2S2/c1-10(26)27-8-3-2-7-25-16-13(15(20)21-9-22-16)24-17(25)29-18-23-12-6-4-5-11(19)14(12)28-18/h4-6,9H,2-3,7-8H2,1H3,(H2,20,21,22). The zero-order valence-corrected chi connectivity index (χ0v) is 17.1. The van der Waals surface area contributed by atoms with Gasteiger partial charge < -0.3 is 15.0 Å². The highest BCUT2D eigenvalue weighted by Gasteiger charge is 2.18. The number of hydrogen-bond donors (Lipinski definition) is 1. The SMILES string of the molecule is CC(=O)OCCCCn1c(Sc2nc3cccc(F)c3s2)nc2c(N)ncnc21. The number of nitrogen functional groups attached to an aromatic ring is 1. The van der Waals surface area contributed by atoms with E-state index in [0.29, 0.717) is 56.3 Å². The lowest BCUT2D eigenvalue weighted by Gasteiger charge is -2.07. The average molecular weight is 433 g/mol. The van der Waals surface area contributed by atoms with Gasteiger partial charge in [0.25, 0.3) is 0 Å². The summed E-state index contributed by atoms with van der Waals surface area (Å²) in [5.74, 6) is -0.287. The smallest absolute Gasteiger partial charge is 0.302 e. The van der Waals surface area contributed by atoms with Crippen molar-refractivity contribution in [3.63, 3.8) is 0 Å². The number of fused-ring (bicyclic) bond motifs is 2. The summed E-state index contributed by atoms with van der Waals surface area (Å²) >= 11 is 2.61. The molecule has 150 valence electrons. The maximum absolute atomic E-state index is 14.0. The minimum atomic E-state index is -0.294. The lowest BCUT2D eigenvalue weighted by molar-refractivity contribution is -0.141. The minimum Gasteiger partial charge on any atom is -0.466 e.